The molecule has 1 aromatic heterocycles. The molecule has 0 aliphatic rings. The van der Waals surface area contributed by atoms with Crippen LogP contribution in [-0.4, -0.2) is 17.6 Å². The second kappa shape index (κ2) is 6.57. The summed E-state index contributed by atoms with van der Waals surface area (Å²) in [7, 11) is 0. The molecule has 15 heavy (non-hydrogen) atoms. The van der Waals surface area contributed by atoms with Crippen LogP contribution in [0, 0.1) is 5.92 Å². The van der Waals surface area contributed by atoms with E-state index in [2.05, 4.69) is 37.1 Å². The van der Waals surface area contributed by atoms with E-state index in [0.717, 1.165) is 18.9 Å². The maximum atomic E-state index is 4.30. The van der Waals surface area contributed by atoms with Crippen LogP contribution in [0.25, 0.3) is 0 Å². The smallest absolute Gasteiger partial charge is 0.0416 e. The molecule has 2 atom stereocenters. The van der Waals surface area contributed by atoms with Gasteiger partial charge in [0, 0.05) is 30.9 Å². The van der Waals surface area contributed by atoms with Gasteiger partial charge in [0.1, 0.15) is 0 Å². The van der Waals surface area contributed by atoms with E-state index in [-0.39, 0.29) is 0 Å². The Morgan fingerprint density at radius 3 is 2.73 bits per heavy atom. The zero-order chi connectivity index (χ0) is 11.1. The standard InChI is InChI=1S/C13H22N2/c1-4-11(2)12(3)14-10-8-13-7-5-6-9-15-13/h5-7,9,11-12,14H,4,8,10H2,1-3H3/t11-,12+/m1/s1. The van der Waals surface area contributed by atoms with E-state index < -0.39 is 0 Å². The predicted octanol–water partition coefficient (Wildman–Crippen LogP) is 2.65. The summed E-state index contributed by atoms with van der Waals surface area (Å²) in [6, 6.07) is 6.67. The number of aromatic nitrogens is 1. The molecule has 84 valence electrons. The summed E-state index contributed by atoms with van der Waals surface area (Å²) in [6.07, 6.45) is 4.10. The third kappa shape index (κ3) is 4.43. The lowest BCUT2D eigenvalue weighted by molar-refractivity contribution is 0.392. The average Bonchev–Trinajstić information content (AvgIpc) is 2.29. The van der Waals surface area contributed by atoms with Gasteiger partial charge in [-0.05, 0) is 25.0 Å². The van der Waals surface area contributed by atoms with Gasteiger partial charge in [-0.15, -0.1) is 0 Å². The average molecular weight is 206 g/mol. The van der Waals surface area contributed by atoms with Crippen LogP contribution in [0.2, 0.25) is 0 Å². The largest absolute Gasteiger partial charge is 0.314 e. The normalized spacial score (nSPS) is 14.9. The molecule has 1 N–H and O–H groups in total. The van der Waals surface area contributed by atoms with Gasteiger partial charge in [-0.25, -0.2) is 0 Å². The zero-order valence-electron chi connectivity index (χ0n) is 10.0. The van der Waals surface area contributed by atoms with E-state index in [1.54, 1.807) is 0 Å². The summed E-state index contributed by atoms with van der Waals surface area (Å²) >= 11 is 0. The number of rotatable bonds is 6. The Balaban J connectivity index is 2.22. The van der Waals surface area contributed by atoms with E-state index in [0.29, 0.717) is 6.04 Å². The monoisotopic (exact) mass is 206 g/mol. The first-order valence-electron chi connectivity index (χ1n) is 5.87. The van der Waals surface area contributed by atoms with Crippen LogP contribution in [0.15, 0.2) is 24.4 Å². The van der Waals surface area contributed by atoms with Gasteiger partial charge in [-0.3, -0.25) is 4.98 Å². The highest BCUT2D eigenvalue weighted by Crippen LogP contribution is 2.06. The number of pyridine rings is 1. The van der Waals surface area contributed by atoms with Crippen molar-refractivity contribution in [3.63, 3.8) is 0 Å². The predicted molar refractivity (Wildman–Crippen MR) is 64.9 cm³/mol. The molecule has 0 radical (unpaired) electrons. The van der Waals surface area contributed by atoms with Crippen molar-refractivity contribution < 1.29 is 0 Å². The van der Waals surface area contributed by atoms with Crippen molar-refractivity contribution in [1.29, 1.82) is 0 Å². The SMILES string of the molecule is CC[C@@H](C)[C@H](C)NCCc1ccccn1. The Morgan fingerprint density at radius 2 is 2.13 bits per heavy atom. The zero-order valence-corrected chi connectivity index (χ0v) is 10.0. The molecule has 0 amide bonds. The van der Waals surface area contributed by atoms with Crippen LogP contribution in [0.5, 0.6) is 0 Å². The van der Waals surface area contributed by atoms with Crippen molar-refractivity contribution >= 4 is 0 Å². The van der Waals surface area contributed by atoms with Crippen molar-refractivity contribution in [2.75, 3.05) is 6.54 Å². The maximum absolute atomic E-state index is 4.30. The van der Waals surface area contributed by atoms with Crippen molar-refractivity contribution in [2.45, 2.75) is 39.7 Å². The summed E-state index contributed by atoms with van der Waals surface area (Å²) in [5.41, 5.74) is 1.17. The molecule has 2 heteroatoms. The van der Waals surface area contributed by atoms with E-state index in [9.17, 15) is 0 Å². The third-order valence-corrected chi connectivity index (χ3v) is 3.07. The topological polar surface area (TPSA) is 24.9 Å². The molecule has 0 bridgehead atoms. The fourth-order valence-electron chi connectivity index (χ4n) is 1.53. The van der Waals surface area contributed by atoms with Crippen LogP contribution >= 0.6 is 0 Å². The molecule has 0 saturated heterocycles. The molecule has 0 aliphatic carbocycles. The molecule has 0 saturated carbocycles. The molecule has 0 aromatic carbocycles. The van der Waals surface area contributed by atoms with Crippen LogP contribution in [0.4, 0.5) is 0 Å². The van der Waals surface area contributed by atoms with Gasteiger partial charge in [-0.2, -0.15) is 0 Å². The molecule has 1 aromatic rings. The highest BCUT2D eigenvalue weighted by molar-refractivity contribution is 5.03. The fourth-order valence-corrected chi connectivity index (χ4v) is 1.53. The summed E-state index contributed by atoms with van der Waals surface area (Å²) in [5.74, 6) is 0.744. The minimum absolute atomic E-state index is 0.596. The Morgan fingerprint density at radius 1 is 1.33 bits per heavy atom. The summed E-state index contributed by atoms with van der Waals surface area (Å²) in [5, 5.41) is 3.54. The molecule has 0 aliphatic heterocycles. The first kappa shape index (κ1) is 12.2. The fraction of sp³-hybridized carbons (Fsp3) is 0.615. The number of hydrogen-bond donors (Lipinski definition) is 1. The van der Waals surface area contributed by atoms with Crippen molar-refractivity contribution in [3.05, 3.63) is 30.1 Å². The lowest BCUT2D eigenvalue weighted by atomic mass is 10.0. The molecule has 0 unspecified atom stereocenters. The molecule has 1 heterocycles. The van der Waals surface area contributed by atoms with Crippen molar-refractivity contribution in [2.24, 2.45) is 5.92 Å². The van der Waals surface area contributed by atoms with Crippen LogP contribution in [0.1, 0.15) is 32.9 Å². The van der Waals surface area contributed by atoms with Gasteiger partial charge in [0.15, 0.2) is 0 Å². The number of hydrogen-bond acceptors (Lipinski definition) is 2. The van der Waals surface area contributed by atoms with Crippen LogP contribution in [-0.2, 0) is 6.42 Å². The number of nitrogens with one attached hydrogen (secondary N) is 1. The lowest BCUT2D eigenvalue weighted by Gasteiger charge is -2.19. The molecule has 2 nitrogen and oxygen atoms in total. The van der Waals surface area contributed by atoms with E-state index in [1.807, 2.05) is 18.3 Å². The highest BCUT2D eigenvalue weighted by atomic mass is 14.9. The number of nitrogens with zero attached hydrogens (tertiary/aromatic N) is 1. The lowest BCUT2D eigenvalue weighted by Crippen LogP contribution is -2.33. The third-order valence-electron chi connectivity index (χ3n) is 3.07. The quantitative estimate of drug-likeness (QED) is 0.774. The van der Waals surface area contributed by atoms with E-state index in [4.69, 9.17) is 0 Å². The first-order valence-corrected chi connectivity index (χ1v) is 5.87. The minimum Gasteiger partial charge on any atom is -0.314 e. The molecule has 0 spiro atoms. The second-order valence-electron chi connectivity index (χ2n) is 4.20. The van der Waals surface area contributed by atoms with Crippen LogP contribution < -0.4 is 5.32 Å². The summed E-state index contributed by atoms with van der Waals surface area (Å²) < 4.78 is 0. The second-order valence-corrected chi connectivity index (χ2v) is 4.20. The van der Waals surface area contributed by atoms with Gasteiger partial charge in [0.05, 0.1) is 0 Å². The van der Waals surface area contributed by atoms with Crippen molar-refractivity contribution in [1.82, 2.24) is 10.3 Å². The maximum Gasteiger partial charge on any atom is 0.0416 e. The van der Waals surface area contributed by atoms with Gasteiger partial charge in [-0.1, -0.05) is 26.3 Å². The van der Waals surface area contributed by atoms with E-state index >= 15 is 0 Å². The Bertz CT molecular complexity index is 258. The first-order chi connectivity index (χ1) is 7.24. The summed E-state index contributed by atoms with van der Waals surface area (Å²) in [6.45, 7) is 7.80. The summed E-state index contributed by atoms with van der Waals surface area (Å²) in [4.78, 5) is 4.30. The van der Waals surface area contributed by atoms with Crippen molar-refractivity contribution in [3.8, 4) is 0 Å². The molecule has 1 rings (SSSR count). The minimum atomic E-state index is 0.596. The Kier molecular flexibility index (Phi) is 5.33. The molecular formula is C13H22N2. The van der Waals surface area contributed by atoms with Gasteiger partial charge in [0.25, 0.3) is 0 Å². The van der Waals surface area contributed by atoms with E-state index in [1.165, 1.54) is 12.1 Å². The molecular weight excluding hydrogens is 184 g/mol. The highest BCUT2D eigenvalue weighted by Gasteiger charge is 2.08. The molecule has 0 fully saturated rings. The van der Waals surface area contributed by atoms with Crippen LogP contribution in [0.3, 0.4) is 0 Å². The van der Waals surface area contributed by atoms with Gasteiger partial charge in [0.2, 0.25) is 0 Å². The Hall–Kier alpha value is -0.890. The van der Waals surface area contributed by atoms with Gasteiger partial charge < -0.3 is 5.32 Å². The van der Waals surface area contributed by atoms with Gasteiger partial charge >= 0.3 is 0 Å². The Labute approximate surface area is 93.1 Å².